The number of pyridine rings is 1. The fourth-order valence-corrected chi connectivity index (χ4v) is 2.35. The predicted octanol–water partition coefficient (Wildman–Crippen LogP) is 5.20. The molecule has 0 atom stereocenters. The van der Waals surface area contributed by atoms with Crippen LogP contribution < -0.4 is 5.32 Å². The van der Waals surface area contributed by atoms with Crippen molar-refractivity contribution in [3.05, 3.63) is 77.7 Å². The molecule has 132 valence electrons. The summed E-state index contributed by atoms with van der Waals surface area (Å²) in [4.78, 5) is 16.4. The van der Waals surface area contributed by atoms with Crippen molar-refractivity contribution in [1.29, 1.82) is 0 Å². The fraction of sp³-hybridized carbons (Fsp3) is 0.0526. The maximum absolute atomic E-state index is 14.1. The standard InChI is InChI=1S/C19H12F4N2O/c20-16-9-12(7-8-19(21,22)23)5-6-15(16)18(26)25-14-10-13-3-1-2-4-17(13)24-11-14/h1-11H,(H,25,26)/b8-7+. The Labute approximate surface area is 146 Å². The summed E-state index contributed by atoms with van der Waals surface area (Å²) in [6.45, 7) is 0. The van der Waals surface area contributed by atoms with Crippen LogP contribution in [0.15, 0.2) is 60.8 Å². The van der Waals surface area contributed by atoms with E-state index in [4.69, 9.17) is 0 Å². The summed E-state index contributed by atoms with van der Waals surface area (Å²) >= 11 is 0. The van der Waals surface area contributed by atoms with E-state index in [9.17, 15) is 22.4 Å². The minimum Gasteiger partial charge on any atom is -0.320 e. The number of carbonyl (C=O) groups excluding carboxylic acids is 1. The molecule has 0 spiro atoms. The average molecular weight is 360 g/mol. The molecular formula is C19H12F4N2O. The molecule has 0 bridgehead atoms. The lowest BCUT2D eigenvalue weighted by atomic mass is 10.1. The first-order valence-electron chi connectivity index (χ1n) is 7.53. The third-order valence-electron chi connectivity index (χ3n) is 3.55. The highest BCUT2D eigenvalue weighted by Crippen LogP contribution is 2.20. The van der Waals surface area contributed by atoms with Gasteiger partial charge in [0, 0.05) is 11.5 Å². The van der Waals surface area contributed by atoms with Gasteiger partial charge in [-0.3, -0.25) is 9.78 Å². The van der Waals surface area contributed by atoms with Crippen LogP contribution in [0.5, 0.6) is 0 Å². The molecule has 0 aliphatic carbocycles. The van der Waals surface area contributed by atoms with Gasteiger partial charge in [-0.1, -0.05) is 24.3 Å². The number of benzene rings is 2. The second kappa shape index (κ2) is 6.95. The van der Waals surface area contributed by atoms with Crippen LogP contribution in [0.25, 0.3) is 17.0 Å². The van der Waals surface area contributed by atoms with E-state index in [-0.39, 0.29) is 17.2 Å². The lowest BCUT2D eigenvalue weighted by Crippen LogP contribution is -2.14. The van der Waals surface area contributed by atoms with Crippen LogP contribution in [0.4, 0.5) is 23.2 Å². The van der Waals surface area contributed by atoms with Crippen LogP contribution in [-0.4, -0.2) is 17.1 Å². The number of allylic oxidation sites excluding steroid dienone is 1. The number of hydrogen-bond donors (Lipinski definition) is 1. The smallest absolute Gasteiger partial charge is 0.320 e. The molecule has 1 amide bonds. The molecule has 1 heterocycles. The van der Waals surface area contributed by atoms with Gasteiger partial charge in [-0.2, -0.15) is 13.2 Å². The molecule has 0 aliphatic heterocycles. The van der Waals surface area contributed by atoms with Crippen LogP contribution >= 0.6 is 0 Å². The van der Waals surface area contributed by atoms with E-state index < -0.39 is 17.9 Å². The molecule has 0 saturated heterocycles. The molecule has 0 fully saturated rings. The Hall–Kier alpha value is -3.22. The lowest BCUT2D eigenvalue weighted by Gasteiger charge is -2.08. The number of para-hydroxylation sites is 1. The molecule has 3 rings (SSSR count). The van der Waals surface area contributed by atoms with E-state index in [0.717, 1.165) is 29.1 Å². The number of carbonyl (C=O) groups is 1. The third-order valence-corrected chi connectivity index (χ3v) is 3.55. The second-order valence-corrected chi connectivity index (χ2v) is 5.49. The van der Waals surface area contributed by atoms with Gasteiger partial charge >= 0.3 is 6.18 Å². The van der Waals surface area contributed by atoms with E-state index in [1.165, 1.54) is 12.3 Å². The number of aromatic nitrogens is 1. The minimum atomic E-state index is -4.49. The quantitative estimate of drug-likeness (QED) is 0.652. The zero-order valence-electron chi connectivity index (χ0n) is 13.2. The number of nitrogens with zero attached hydrogens (tertiary/aromatic N) is 1. The highest BCUT2D eigenvalue weighted by Gasteiger charge is 2.22. The number of amides is 1. The highest BCUT2D eigenvalue weighted by molar-refractivity contribution is 6.05. The maximum atomic E-state index is 14.1. The first kappa shape index (κ1) is 17.6. The predicted molar refractivity (Wildman–Crippen MR) is 91.2 cm³/mol. The van der Waals surface area contributed by atoms with Crippen molar-refractivity contribution < 1.29 is 22.4 Å². The maximum Gasteiger partial charge on any atom is 0.409 e. The van der Waals surface area contributed by atoms with Crippen molar-refractivity contribution in [2.75, 3.05) is 5.32 Å². The van der Waals surface area contributed by atoms with Gasteiger partial charge < -0.3 is 5.32 Å². The number of anilines is 1. The Kier molecular flexibility index (Phi) is 4.71. The van der Waals surface area contributed by atoms with Crippen LogP contribution in [0.3, 0.4) is 0 Å². The fourth-order valence-electron chi connectivity index (χ4n) is 2.35. The summed E-state index contributed by atoms with van der Waals surface area (Å²) < 4.78 is 50.5. The van der Waals surface area contributed by atoms with Gasteiger partial charge in [-0.25, -0.2) is 4.39 Å². The van der Waals surface area contributed by atoms with Crippen LogP contribution in [-0.2, 0) is 0 Å². The molecule has 7 heteroatoms. The average Bonchev–Trinajstić information content (AvgIpc) is 2.59. The molecule has 0 unspecified atom stereocenters. The summed E-state index contributed by atoms with van der Waals surface area (Å²) in [5.74, 6) is -1.63. The SMILES string of the molecule is O=C(Nc1cnc2ccccc2c1)c1ccc(/C=C/C(F)(F)F)cc1F. The van der Waals surface area contributed by atoms with Crippen molar-refractivity contribution in [3.8, 4) is 0 Å². The van der Waals surface area contributed by atoms with E-state index in [2.05, 4.69) is 10.3 Å². The van der Waals surface area contributed by atoms with Crippen molar-refractivity contribution in [2.45, 2.75) is 6.18 Å². The van der Waals surface area contributed by atoms with Gasteiger partial charge in [0.05, 0.1) is 23.0 Å². The Morgan fingerprint density at radius 3 is 2.58 bits per heavy atom. The number of fused-ring (bicyclic) bond motifs is 1. The van der Waals surface area contributed by atoms with E-state index in [0.29, 0.717) is 5.69 Å². The van der Waals surface area contributed by atoms with Crippen molar-refractivity contribution >= 4 is 28.6 Å². The molecule has 3 nitrogen and oxygen atoms in total. The molecule has 0 aliphatic rings. The van der Waals surface area contributed by atoms with Crippen molar-refractivity contribution in [1.82, 2.24) is 4.98 Å². The molecule has 1 aromatic heterocycles. The Bertz CT molecular complexity index is 996. The highest BCUT2D eigenvalue weighted by atomic mass is 19.4. The topological polar surface area (TPSA) is 42.0 Å². The summed E-state index contributed by atoms with van der Waals surface area (Å²) in [6, 6.07) is 12.2. The molecule has 2 aromatic carbocycles. The monoisotopic (exact) mass is 360 g/mol. The molecule has 0 saturated carbocycles. The van der Waals surface area contributed by atoms with E-state index >= 15 is 0 Å². The van der Waals surface area contributed by atoms with Crippen molar-refractivity contribution in [2.24, 2.45) is 0 Å². The van der Waals surface area contributed by atoms with Crippen LogP contribution in [0.1, 0.15) is 15.9 Å². The lowest BCUT2D eigenvalue weighted by molar-refractivity contribution is -0.0790. The summed E-state index contributed by atoms with van der Waals surface area (Å²) in [5.41, 5.74) is 0.859. The van der Waals surface area contributed by atoms with Gasteiger partial charge in [0.2, 0.25) is 0 Å². The van der Waals surface area contributed by atoms with Gasteiger partial charge in [0.1, 0.15) is 5.82 Å². The Morgan fingerprint density at radius 1 is 1.08 bits per heavy atom. The molecule has 1 N–H and O–H groups in total. The van der Waals surface area contributed by atoms with Gasteiger partial charge in [0.15, 0.2) is 0 Å². The third kappa shape index (κ3) is 4.24. The van der Waals surface area contributed by atoms with E-state index in [1.54, 1.807) is 6.07 Å². The first-order valence-corrected chi connectivity index (χ1v) is 7.53. The normalized spacial score (nSPS) is 11.8. The van der Waals surface area contributed by atoms with Gasteiger partial charge in [0.25, 0.3) is 5.91 Å². The number of rotatable bonds is 3. The largest absolute Gasteiger partial charge is 0.409 e. The molecule has 3 aromatic rings. The Balaban J connectivity index is 1.79. The second-order valence-electron chi connectivity index (χ2n) is 5.49. The number of alkyl halides is 3. The summed E-state index contributed by atoms with van der Waals surface area (Å²) in [7, 11) is 0. The minimum absolute atomic E-state index is 0.00225. The van der Waals surface area contributed by atoms with Crippen LogP contribution in [0.2, 0.25) is 0 Å². The molecule has 0 radical (unpaired) electrons. The first-order chi connectivity index (χ1) is 12.3. The summed E-state index contributed by atoms with van der Waals surface area (Å²) in [6.07, 6.45) is -2.31. The van der Waals surface area contributed by atoms with Gasteiger partial charge in [-0.05, 0) is 35.9 Å². The number of hydrogen-bond acceptors (Lipinski definition) is 2. The summed E-state index contributed by atoms with van der Waals surface area (Å²) in [5, 5.41) is 3.33. The van der Waals surface area contributed by atoms with E-state index in [1.807, 2.05) is 24.3 Å². The number of halogens is 4. The zero-order chi connectivity index (χ0) is 18.7. The van der Waals surface area contributed by atoms with Crippen LogP contribution in [0, 0.1) is 5.82 Å². The molecule has 26 heavy (non-hydrogen) atoms. The van der Waals surface area contributed by atoms with Gasteiger partial charge in [-0.15, -0.1) is 0 Å². The zero-order valence-corrected chi connectivity index (χ0v) is 13.2. The molecular weight excluding hydrogens is 348 g/mol. The number of nitrogens with one attached hydrogen (secondary N) is 1. The van der Waals surface area contributed by atoms with Crippen molar-refractivity contribution in [3.63, 3.8) is 0 Å². The Morgan fingerprint density at radius 2 is 1.85 bits per heavy atom.